The van der Waals surface area contributed by atoms with Crippen LogP contribution < -0.4 is 0 Å². The number of hydrogen-bond donors (Lipinski definition) is 0. The van der Waals surface area contributed by atoms with Crippen LogP contribution in [0.1, 0.15) is 10.4 Å². The van der Waals surface area contributed by atoms with Gasteiger partial charge in [-0.25, -0.2) is 0 Å². The lowest BCUT2D eigenvalue weighted by molar-refractivity contribution is 0.108. The fourth-order valence-electron chi connectivity index (χ4n) is 0.820. The normalized spacial score (nSPS) is 9.92. The van der Waals surface area contributed by atoms with Crippen LogP contribution in [0.15, 0.2) is 23.1 Å². The Morgan fingerprint density at radius 2 is 2.17 bits per heavy atom. The zero-order valence-corrected chi connectivity index (χ0v) is 8.63. The van der Waals surface area contributed by atoms with Crippen molar-refractivity contribution < 1.29 is 4.79 Å². The van der Waals surface area contributed by atoms with Gasteiger partial charge in [0.05, 0.1) is 10.6 Å². The second kappa shape index (κ2) is 4.17. The highest BCUT2D eigenvalue weighted by Crippen LogP contribution is 2.29. The summed E-state index contributed by atoms with van der Waals surface area (Å²) in [5, 5.41) is -0.0825. The lowest BCUT2D eigenvalue weighted by atomic mass is 10.2. The lowest BCUT2D eigenvalue weighted by Gasteiger charge is -2.02. The maximum absolute atomic E-state index is 10.8. The minimum absolute atomic E-state index is 0.366. The summed E-state index contributed by atoms with van der Waals surface area (Å²) in [6, 6.07) is 5.21. The standard InChI is InChI=1S/C8H6Cl2OS/c1-12-6-4-2-3-5(7(6)9)8(10)11/h2-4H,1H3. The van der Waals surface area contributed by atoms with E-state index < -0.39 is 5.24 Å². The Morgan fingerprint density at radius 3 is 2.67 bits per heavy atom. The van der Waals surface area contributed by atoms with Crippen LogP contribution >= 0.6 is 35.0 Å². The summed E-state index contributed by atoms with van der Waals surface area (Å²) in [4.78, 5) is 11.7. The molecular formula is C8H6Cl2OS. The molecule has 1 aromatic carbocycles. The van der Waals surface area contributed by atoms with Gasteiger partial charge in [0.15, 0.2) is 0 Å². The van der Waals surface area contributed by atoms with Crippen LogP contribution in [0.4, 0.5) is 0 Å². The van der Waals surface area contributed by atoms with Crippen molar-refractivity contribution in [2.75, 3.05) is 6.26 Å². The van der Waals surface area contributed by atoms with Gasteiger partial charge in [0.25, 0.3) is 5.24 Å². The monoisotopic (exact) mass is 220 g/mol. The maximum atomic E-state index is 10.8. The summed E-state index contributed by atoms with van der Waals surface area (Å²) in [5.74, 6) is 0. The van der Waals surface area contributed by atoms with Crippen LogP contribution in [-0.4, -0.2) is 11.5 Å². The Labute approximate surface area is 85.1 Å². The predicted octanol–water partition coefficient (Wildman–Crippen LogP) is 3.44. The molecule has 4 heteroatoms. The second-order valence-corrected chi connectivity index (χ2v) is 3.66. The number of thioether (sulfide) groups is 1. The van der Waals surface area contributed by atoms with E-state index in [1.807, 2.05) is 12.3 Å². The zero-order chi connectivity index (χ0) is 9.14. The van der Waals surface area contributed by atoms with E-state index in [0.29, 0.717) is 10.6 Å². The molecule has 0 aromatic heterocycles. The van der Waals surface area contributed by atoms with Crippen molar-refractivity contribution in [3.8, 4) is 0 Å². The number of halogens is 2. The molecule has 1 rings (SSSR count). The van der Waals surface area contributed by atoms with Gasteiger partial charge in [0.1, 0.15) is 0 Å². The van der Waals surface area contributed by atoms with Crippen LogP contribution in [0, 0.1) is 0 Å². The van der Waals surface area contributed by atoms with E-state index in [-0.39, 0.29) is 0 Å². The van der Waals surface area contributed by atoms with E-state index >= 15 is 0 Å². The Balaban J connectivity index is 3.23. The first-order valence-corrected chi connectivity index (χ1v) is 5.17. The predicted molar refractivity (Wildman–Crippen MR) is 53.4 cm³/mol. The van der Waals surface area contributed by atoms with E-state index in [1.54, 1.807) is 12.1 Å². The van der Waals surface area contributed by atoms with Gasteiger partial charge in [-0.1, -0.05) is 17.7 Å². The molecule has 0 N–H and O–H groups in total. The Kier molecular flexibility index (Phi) is 3.44. The third-order valence-corrected chi connectivity index (χ3v) is 2.90. The van der Waals surface area contributed by atoms with Crippen molar-refractivity contribution in [3.05, 3.63) is 28.8 Å². The Morgan fingerprint density at radius 1 is 1.50 bits per heavy atom. The maximum Gasteiger partial charge on any atom is 0.253 e. The minimum atomic E-state index is -0.518. The molecular weight excluding hydrogens is 215 g/mol. The summed E-state index contributed by atoms with van der Waals surface area (Å²) in [6.45, 7) is 0. The van der Waals surface area contributed by atoms with Crippen LogP contribution in [0.3, 0.4) is 0 Å². The van der Waals surface area contributed by atoms with Crippen molar-refractivity contribution in [1.82, 2.24) is 0 Å². The van der Waals surface area contributed by atoms with E-state index in [9.17, 15) is 4.79 Å². The van der Waals surface area contributed by atoms with Gasteiger partial charge < -0.3 is 0 Å². The summed E-state index contributed by atoms with van der Waals surface area (Å²) in [5.41, 5.74) is 0.366. The van der Waals surface area contributed by atoms with Crippen molar-refractivity contribution in [2.24, 2.45) is 0 Å². The Hall–Kier alpha value is -0.180. The molecule has 0 radical (unpaired) electrons. The van der Waals surface area contributed by atoms with Crippen molar-refractivity contribution in [1.29, 1.82) is 0 Å². The fraction of sp³-hybridized carbons (Fsp3) is 0.125. The number of carbonyl (C=O) groups excluding carboxylic acids is 1. The van der Waals surface area contributed by atoms with Crippen LogP contribution in [0.5, 0.6) is 0 Å². The van der Waals surface area contributed by atoms with Gasteiger partial charge >= 0.3 is 0 Å². The van der Waals surface area contributed by atoms with Gasteiger partial charge in [-0.15, -0.1) is 11.8 Å². The van der Waals surface area contributed by atoms with Crippen LogP contribution in [0.25, 0.3) is 0 Å². The molecule has 0 heterocycles. The highest BCUT2D eigenvalue weighted by Gasteiger charge is 2.09. The molecule has 0 saturated heterocycles. The van der Waals surface area contributed by atoms with E-state index in [2.05, 4.69) is 0 Å². The SMILES string of the molecule is CSc1cccc(C(=O)Cl)c1Cl. The largest absolute Gasteiger partial charge is 0.276 e. The van der Waals surface area contributed by atoms with E-state index in [1.165, 1.54) is 11.8 Å². The highest BCUT2D eigenvalue weighted by atomic mass is 35.5. The van der Waals surface area contributed by atoms with Crippen molar-refractivity contribution in [2.45, 2.75) is 4.90 Å². The molecule has 0 amide bonds. The summed E-state index contributed by atoms with van der Waals surface area (Å²) >= 11 is 12.7. The summed E-state index contributed by atoms with van der Waals surface area (Å²) in [7, 11) is 0. The first kappa shape index (κ1) is 9.90. The Bertz CT molecular complexity index is 312. The molecule has 1 nitrogen and oxygen atoms in total. The van der Waals surface area contributed by atoms with Gasteiger partial charge in [0.2, 0.25) is 0 Å². The third-order valence-electron chi connectivity index (χ3n) is 1.39. The molecule has 0 aliphatic rings. The lowest BCUT2D eigenvalue weighted by Crippen LogP contribution is -1.90. The number of benzene rings is 1. The third kappa shape index (κ3) is 1.94. The molecule has 0 bridgehead atoms. The topological polar surface area (TPSA) is 17.1 Å². The van der Waals surface area contributed by atoms with Gasteiger partial charge in [-0.3, -0.25) is 4.79 Å². The second-order valence-electron chi connectivity index (χ2n) is 2.10. The molecule has 64 valence electrons. The molecule has 0 spiro atoms. The quantitative estimate of drug-likeness (QED) is 0.562. The van der Waals surface area contributed by atoms with Crippen LogP contribution in [0.2, 0.25) is 5.02 Å². The average Bonchev–Trinajstić information content (AvgIpc) is 2.04. The van der Waals surface area contributed by atoms with Crippen molar-refractivity contribution >= 4 is 40.2 Å². The van der Waals surface area contributed by atoms with E-state index in [0.717, 1.165) is 4.90 Å². The average molecular weight is 221 g/mol. The number of rotatable bonds is 2. The van der Waals surface area contributed by atoms with E-state index in [4.69, 9.17) is 23.2 Å². The molecule has 0 saturated carbocycles. The first-order valence-electron chi connectivity index (χ1n) is 3.19. The minimum Gasteiger partial charge on any atom is -0.276 e. The molecule has 0 unspecified atom stereocenters. The fourth-order valence-corrected chi connectivity index (χ4v) is 1.97. The van der Waals surface area contributed by atoms with Gasteiger partial charge in [0, 0.05) is 4.90 Å². The first-order chi connectivity index (χ1) is 5.66. The van der Waals surface area contributed by atoms with Gasteiger partial charge in [-0.05, 0) is 30.0 Å². The molecule has 12 heavy (non-hydrogen) atoms. The molecule has 0 atom stereocenters. The molecule has 0 aliphatic heterocycles. The number of carbonyl (C=O) groups is 1. The van der Waals surface area contributed by atoms with Crippen molar-refractivity contribution in [3.63, 3.8) is 0 Å². The molecule has 0 aliphatic carbocycles. The van der Waals surface area contributed by atoms with Gasteiger partial charge in [-0.2, -0.15) is 0 Å². The summed E-state index contributed by atoms with van der Waals surface area (Å²) < 4.78 is 0. The zero-order valence-electron chi connectivity index (χ0n) is 6.30. The smallest absolute Gasteiger partial charge is 0.253 e. The van der Waals surface area contributed by atoms with Crippen LogP contribution in [-0.2, 0) is 0 Å². The summed E-state index contributed by atoms with van der Waals surface area (Å²) in [6.07, 6.45) is 1.89. The molecule has 1 aromatic rings. The molecule has 0 fully saturated rings. The highest BCUT2D eigenvalue weighted by molar-refractivity contribution is 7.98. The number of hydrogen-bond acceptors (Lipinski definition) is 2.